The first kappa shape index (κ1) is 12.0. The van der Waals surface area contributed by atoms with Crippen LogP contribution in [0.3, 0.4) is 0 Å². The number of halogens is 2. The summed E-state index contributed by atoms with van der Waals surface area (Å²) in [6.45, 7) is 0. The van der Waals surface area contributed by atoms with E-state index in [1.54, 1.807) is 7.05 Å². The fourth-order valence-electron chi connectivity index (χ4n) is 1.53. The van der Waals surface area contributed by atoms with Gasteiger partial charge >= 0.3 is 0 Å². The van der Waals surface area contributed by atoms with Crippen LogP contribution in [0.1, 0.15) is 17.4 Å². The quantitative estimate of drug-likeness (QED) is 0.911. The molecule has 1 aromatic heterocycles. The van der Waals surface area contributed by atoms with E-state index in [0.717, 1.165) is 0 Å². The monoisotopic (exact) mass is 255 g/mol. The molecule has 2 rings (SSSR count). The highest BCUT2D eigenvalue weighted by atomic mass is 35.5. The summed E-state index contributed by atoms with van der Waals surface area (Å²) < 4.78 is 13.4. The van der Waals surface area contributed by atoms with Gasteiger partial charge in [-0.2, -0.15) is 15.0 Å². The summed E-state index contributed by atoms with van der Waals surface area (Å²) in [5.74, 6) is -0.391. The summed E-state index contributed by atoms with van der Waals surface area (Å²) in [5, 5.41) is 18.1. The fraction of sp³-hybridized carbons (Fsp3) is 0.273. The first-order chi connectivity index (χ1) is 8.06. The van der Waals surface area contributed by atoms with Crippen molar-refractivity contribution in [3.05, 3.63) is 46.5 Å². The van der Waals surface area contributed by atoms with Crippen LogP contribution in [0.2, 0.25) is 5.02 Å². The summed E-state index contributed by atoms with van der Waals surface area (Å²) in [5.41, 5.74) is 0.766. The number of aliphatic hydroxyl groups is 1. The number of nitrogens with zero attached hydrogens (tertiary/aromatic N) is 3. The van der Waals surface area contributed by atoms with Gasteiger partial charge in [0.2, 0.25) is 0 Å². The zero-order chi connectivity index (χ0) is 12.4. The van der Waals surface area contributed by atoms with Crippen molar-refractivity contribution in [1.29, 1.82) is 0 Å². The Morgan fingerprint density at radius 1 is 1.53 bits per heavy atom. The molecule has 0 aliphatic rings. The van der Waals surface area contributed by atoms with Gasteiger partial charge in [-0.1, -0.05) is 11.6 Å². The predicted molar refractivity (Wildman–Crippen MR) is 61.1 cm³/mol. The molecule has 0 aliphatic heterocycles. The second-order valence-corrected chi connectivity index (χ2v) is 4.15. The second kappa shape index (κ2) is 4.81. The van der Waals surface area contributed by atoms with Crippen LogP contribution >= 0.6 is 11.6 Å². The maximum absolute atomic E-state index is 13.4. The lowest BCUT2D eigenvalue weighted by molar-refractivity contribution is 0.171. The number of hydrogen-bond acceptors (Lipinski definition) is 3. The lowest BCUT2D eigenvalue weighted by Crippen LogP contribution is -2.05. The predicted octanol–water partition coefficient (Wildman–Crippen LogP) is 1.88. The zero-order valence-corrected chi connectivity index (χ0v) is 9.89. The third-order valence-corrected chi connectivity index (χ3v) is 2.61. The largest absolute Gasteiger partial charge is 0.386 e. The molecular weight excluding hydrogens is 245 g/mol. The van der Waals surface area contributed by atoms with Crippen molar-refractivity contribution in [3.8, 4) is 0 Å². The molecule has 1 aromatic carbocycles. The summed E-state index contributed by atoms with van der Waals surface area (Å²) in [6, 6.07) is 4.24. The minimum atomic E-state index is -0.892. The maximum Gasteiger partial charge on any atom is 0.126 e. The molecule has 0 radical (unpaired) electrons. The molecule has 0 saturated heterocycles. The van der Waals surface area contributed by atoms with Crippen molar-refractivity contribution in [2.75, 3.05) is 0 Å². The van der Waals surface area contributed by atoms with Crippen molar-refractivity contribution in [3.63, 3.8) is 0 Å². The highest BCUT2D eigenvalue weighted by Gasteiger charge is 2.14. The normalized spacial score (nSPS) is 12.7. The van der Waals surface area contributed by atoms with Crippen molar-refractivity contribution in [1.82, 2.24) is 15.0 Å². The molecule has 0 amide bonds. The summed E-state index contributed by atoms with van der Waals surface area (Å²) in [6.07, 6.45) is 0.676. The van der Waals surface area contributed by atoms with Crippen LogP contribution < -0.4 is 0 Å². The van der Waals surface area contributed by atoms with Crippen LogP contribution in [-0.4, -0.2) is 20.1 Å². The number of aliphatic hydroxyl groups excluding tert-OH is 1. The van der Waals surface area contributed by atoms with Crippen molar-refractivity contribution in [2.24, 2.45) is 7.05 Å². The number of rotatable bonds is 3. The molecular formula is C11H11ClFN3O. The number of hydrogen-bond donors (Lipinski definition) is 1. The standard InChI is InChI=1S/C11H11ClFN3O/c1-16-14-6-10(15-16)11(17)5-7-4-8(12)2-3-9(7)13/h2-4,6,11,17H,5H2,1H3. The first-order valence-corrected chi connectivity index (χ1v) is 5.42. The Kier molecular flexibility index (Phi) is 3.40. The van der Waals surface area contributed by atoms with Crippen LogP contribution in [0.5, 0.6) is 0 Å². The molecule has 1 unspecified atom stereocenters. The smallest absolute Gasteiger partial charge is 0.126 e. The van der Waals surface area contributed by atoms with E-state index in [0.29, 0.717) is 16.3 Å². The van der Waals surface area contributed by atoms with E-state index in [1.165, 1.54) is 29.2 Å². The Morgan fingerprint density at radius 3 is 2.94 bits per heavy atom. The second-order valence-electron chi connectivity index (χ2n) is 3.71. The fourth-order valence-corrected chi connectivity index (χ4v) is 1.72. The van der Waals surface area contributed by atoms with Gasteiger partial charge < -0.3 is 5.11 Å². The third-order valence-electron chi connectivity index (χ3n) is 2.38. The van der Waals surface area contributed by atoms with Crippen LogP contribution in [0, 0.1) is 5.82 Å². The topological polar surface area (TPSA) is 50.9 Å². The average Bonchev–Trinajstić information content (AvgIpc) is 2.70. The van der Waals surface area contributed by atoms with Gasteiger partial charge in [-0.3, -0.25) is 0 Å². The Labute approximate surface area is 103 Å². The molecule has 0 fully saturated rings. The van der Waals surface area contributed by atoms with Crippen molar-refractivity contribution >= 4 is 11.6 Å². The molecule has 0 spiro atoms. The molecule has 0 bridgehead atoms. The Balaban J connectivity index is 2.18. The SMILES string of the molecule is Cn1ncc(C(O)Cc2cc(Cl)ccc2F)n1. The molecule has 90 valence electrons. The highest BCUT2D eigenvalue weighted by molar-refractivity contribution is 6.30. The molecule has 1 N–H and O–H groups in total. The Bertz CT molecular complexity index is 529. The number of benzene rings is 1. The van der Waals surface area contributed by atoms with E-state index in [-0.39, 0.29) is 6.42 Å². The van der Waals surface area contributed by atoms with Crippen LogP contribution in [-0.2, 0) is 13.5 Å². The zero-order valence-electron chi connectivity index (χ0n) is 9.14. The third kappa shape index (κ3) is 2.81. The molecule has 0 aliphatic carbocycles. The van der Waals surface area contributed by atoms with Gasteiger partial charge in [0.05, 0.1) is 6.20 Å². The van der Waals surface area contributed by atoms with Crippen LogP contribution in [0.25, 0.3) is 0 Å². The van der Waals surface area contributed by atoms with E-state index in [9.17, 15) is 9.50 Å². The minimum Gasteiger partial charge on any atom is -0.386 e. The molecule has 1 heterocycles. The van der Waals surface area contributed by atoms with Crippen LogP contribution in [0.4, 0.5) is 4.39 Å². The van der Waals surface area contributed by atoms with Gasteiger partial charge in [0.25, 0.3) is 0 Å². The first-order valence-electron chi connectivity index (χ1n) is 5.04. The van der Waals surface area contributed by atoms with Gasteiger partial charge in [-0.25, -0.2) is 4.39 Å². The average molecular weight is 256 g/mol. The lowest BCUT2D eigenvalue weighted by atomic mass is 10.1. The van der Waals surface area contributed by atoms with E-state index < -0.39 is 11.9 Å². The van der Waals surface area contributed by atoms with Crippen LogP contribution in [0.15, 0.2) is 24.4 Å². The van der Waals surface area contributed by atoms with Gasteiger partial charge in [-0.15, -0.1) is 0 Å². The van der Waals surface area contributed by atoms with Gasteiger partial charge in [0.1, 0.15) is 17.6 Å². The molecule has 4 nitrogen and oxygen atoms in total. The Hall–Kier alpha value is -1.46. The summed E-state index contributed by atoms with van der Waals surface area (Å²) in [7, 11) is 1.65. The summed E-state index contributed by atoms with van der Waals surface area (Å²) >= 11 is 5.77. The maximum atomic E-state index is 13.4. The number of aryl methyl sites for hydroxylation is 1. The van der Waals surface area contributed by atoms with Crippen molar-refractivity contribution < 1.29 is 9.50 Å². The molecule has 2 aromatic rings. The van der Waals surface area contributed by atoms with Gasteiger partial charge in [-0.05, 0) is 23.8 Å². The molecule has 17 heavy (non-hydrogen) atoms. The van der Waals surface area contributed by atoms with E-state index >= 15 is 0 Å². The number of aromatic nitrogens is 3. The van der Waals surface area contributed by atoms with E-state index in [2.05, 4.69) is 10.2 Å². The van der Waals surface area contributed by atoms with Crippen molar-refractivity contribution in [2.45, 2.75) is 12.5 Å². The van der Waals surface area contributed by atoms with Gasteiger partial charge in [0.15, 0.2) is 0 Å². The Morgan fingerprint density at radius 2 is 2.29 bits per heavy atom. The lowest BCUT2D eigenvalue weighted by Gasteiger charge is -2.08. The molecule has 0 saturated carbocycles. The molecule has 6 heteroatoms. The highest BCUT2D eigenvalue weighted by Crippen LogP contribution is 2.21. The minimum absolute atomic E-state index is 0.116. The van der Waals surface area contributed by atoms with E-state index in [4.69, 9.17) is 11.6 Å². The summed E-state index contributed by atoms with van der Waals surface area (Å²) in [4.78, 5) is 1.34. The molecule has 1 atom stereocenters. The van der Waals surface area contributed by atoms with E-state index in [1.807, 2.05) is 0 Å². The van der Waals surface area contributed by atoms with Gasteiger partial charge in [0, 0.05) is 18.5 Å².